The average Bonchev–Trinajstić information content (AvgIpc) is 3.32. The van der Waals surface area contributed by atoms with Gasteiger partial charge < -0.3 is 10.2 Å². The quantitative estimate of drug-likeness (QED) is 0.732. The van der Waals surface area contributed by atoms with Crippen molar-refractivity contribution in [2.24, 2.45) is 0 Å². The molecule has 2 rings (SSSR count). The summed E-state index contributed by atoms with van der Waals surface area (Å²) < 4.78 is 26.6. The SMILES string of the molecule is C[C@H](NS(=O)(=O)c1ccccc1)C(=O)NCCN(C)C1CC1. The van der Waals surface area contributed by atoms with Crippen molar-refractivity contribution in [3.63, 3.8) is 0 Å². The molecule has 1 amide bonds. The van der Waals surface area contributed by atoms with Gasteiger partial charge in [-0.3, -0.25) is 4.79 Å². The lowest BCUT2D eigenvalue weighted by atomic mass is 10.3. The maximum Gasteiger partial charge on any atom is 0.241 e. The number of rotatable bonds is 8. The summed E-state index contributed by atoms with van der Waals surface area (Å²) in [5.74, 6) is -0.316. The Morgan fingerprint density at radius 1 is 1.32 bits per heavy atom. The van der Waals surface area contributed by atoms with E-state index < -0.39 is 16.1 Å². The van der Waals surface area contributed by atoms with Gasteiger partial charge in [0.05, 0.1) is 10.9 Å². The molecule has 1 aliphatic carbocycles. The Labute approximate surface area is 131 Å². The zero-order valence-corrected chi connectivity index (χ0v) is 13.8. The van der Waals surface area contributed by atoms with Gasteiger partial charge in [-0.25, -0.2) is 8.42 Å². The molecule has 1 aliphatic rings. The number of carbonyl (C=O) groups is 1. The molecule has 0 aliphatic heterocycles. The lowest BCUT2D eigenvalue weighted by Gasteiger charge is -2.18. The number of hydrogen-bond acceptors (Lipinski definition) is 4. The summed E-state index contributed by atoms with van der Waals surface area (Å²) in [5.41, 5.74) is 0. The van der Waals surface area contributed by atoms with Crippen molar-refractivity contribution in [3.05, 3.63) is 30.3 Å². The molecule has 0 bridgehead atoms. The molecule has 122 valence electrons. The predicted octanol–water partition coefficient (Wildman–Crippen LogP) is 0.564. The van der Waals surface area contributed by atoms with Crippen LogP contribution in [0.2, 0.25) is 0 Å². The van der Waals surface area contributed by atoms with Gasteiger partial charge in [-0.1, -0.05) is 18.2 Å². The molecule has 0 saturated heterocycles. The van der Waals surface area contributed by atoms with E-state index in [0.29, 0.717) is 12.6 Å². The van der Waals surface area contributed by atoms with Gasteiger partial charge in [-0.05, 0) is 38.9 Å². The molecular weight excluding hydrogens is 302 g/mol. The van der Waals surface area contributed by atoms with Gasteiger partial charge in [0.2, 0.25) is 15.9 Å². The smallest absolute Gasteiger partial charge is 0.241 e. The van der Waals surface area contributed by atoms with Crippen LogP contribution < -0.4 is 10.0 Å². The molecule has 22 heavy (non-hydrogen) atoms. The third kappa shape index (κ3) is 4.79. The Hall–Kier alpha value is -1.44. The molecule has 7 heteroatoms. The van der Waals surface area contributed by atoms with Crippen molar-refractivity contribution in [2.45, 2.75) is 36.7 Å². The molecule has 0 radical (unpaired) electrons. The molecule has 0 spiro atoms. The minimum atomic E-state index is -3.67. The highest BCUT2D eigenvalue weighted by atomic mass is 32.2. The summed E-state index contributed by atoms with van der Waals surface area (Å²) in [4.78, 5) is 14.3. The van der Waals surface area contributed by atoms with Crippen LogP contribution in [0.5, 0.6) is 0 Å². The topological polar surface area (TPSA) is 78.5 Å². The van der Waals surface area contributed by atoms with Gasteiger partial charge in [0.15, 0.2) is 0 Å². The predicted molar refractivity (Wildman–Crippen MR) is 84.9 cm³/mol. The van der Waals surface area contributed by atoms with Crippen LogP contribution in [-0.2, 0) is 14.8 Å². The molecule has 6 nitrogen and oxygen atoms in total. The van der Waals surface area contributed by atoms with Crippen molar-refractivity contribution in [2.75, 3.05) is 20.1 Å². The van der Waals surface area contributed by atoms with Crippen molar-refractivity contribution >= 4 is 15.9 Å². The van der Waals surface area contributed by atoms with Gasteiger partial charge in [-0.2, -0.15) is 4.72 Å². The highest BCUT2D eigenvalue weighted by Gasteiger charge is 2.26. The fourth-order valence-electron chi connectivity index (χ4n) is 2.16. The van der Waals surface area contributed by atoms with Crippen molar-refractivity contribution < 1.29 is 13.2 Å². The summed E-state index contributed by atoms with van der Waals surface area (Å²) in [6.45, 7) is 2.83. The Balaban J connectivity index is 1.80. The van der Waals surface area contributed by atoms with E-state index in [9.17, 15) is 13.2 Å². The molecule has 2 N–H and O–H groups in total. The highest BCUT2D eigenvalue weighted by molar-refractivity contribution is 7.89. The van der Waals surface area contributed by atoms with Crippen LogP contribution in [0.1, 0.15) is 19.8 Å². The summed E-state index contributed by atoms with van der Waals surface area (Å²) in [7, 11) is -1.64. The van der Waals surface area contributed by atoms with Crippen molar-refractivity contribution in [1.82, 2.24) is 14.9 Å². The van der Waals surface area contributed by atoms with Gasteiger partial charge in [0.25, 0.3) is 0 Å². The number of benzene rings is 1. The number of likely N-dealkylation sites (N-methyl/N-ethyl adjacent to an activating group) is 1. The Kier molecular flexibility index (Phi) is 5.55. The highest BCUT2D eigenvalue weighted by Crippen LogP contribution is 2.24. The van der Waals surface area contributed by atoms with E-state index in [4.69, 9.17) is 0 Å². The minimum absolute atomic E-state index is 0.156. The maximum atomic E-state index is 12.1. The summed E-state index contributed by atoms with van der Waals surface area (Å²) in [6.07, 6.45) is 2.44. The normalized spacial score (nSPS) is 16.5. The molecule has 1 fully saturated rings. The first-order valence-electron chi connectivity index (χ1n) is 7.45. The molecule has 1 saturated carbocycles. The van der Waals surface area contributed by atoms with Crippen LogP contribution in [0.4, 0.5) is 0 Å². The fourth-order valence-corrected chi connectivity index (χ4v) is 3.38. The number of carbonyl (C=O) groups excluding carboxylic acids is 1. The maximum absolute atomic E-state index is 12.1. The van der Waals surface area contributed by atoms with E-state index in [1.165, 1.54) is 25.0 Å². The third-order valence-electron chi connectivity index (χ3n) is 3.71. The van der Waals surface area contributed by atoms with Crippen LogP contribution in [0, 0.1) is 0 Å². The van der Waals surface area contributed by atoms with E-state index >= 15 is 0 Å². The van der Waals surface area contributed by atoms with Crippen LogP contribution in [0.15, 0.2) is 35.2 Å². The molecule has 1 atom stereocenters. The van der Waals surface area contributed by atoms with E-state index in [2.05, 4.69) is 14.9 Å². The van der Waals surface area contributed by atoms with Crippen LogP contribution in [-0.4, -0.2) is 51.4 Å². The fraction of sp³-hybridized carbons (Fsp3) is 0.533. The number of nitrogens with one attached hydrogen (secondary N) is 2. The molecule has 1 aromatic carbocycles. The standard InChI is InChI=1S/C15H23N3O3S/c1-12(15(19)16-10-11-18(2)13-8-9-13)17-22(20,21)14-6-4-3-5-7-14/h3-7,12-13,17H,8-11H2,1-2H3,(H,16,19)/t12-/m0/s1. The number of nitrogens with zero attached hydrogens (tertiary/aromatic N) is 1. The summed E-state index contributed by atoms with van der Waals surface area (Å²) in [6, 6.07) is 7.86. The Bertz CT molecular complexity index is 600. The van der Waals surface area contributed by atoms with Crippen LogP contribution >= 0.6 is 0 Å². The summed E-state index contributed by atoms with van der Waals surface area (Å²) >= 11 is 0. The van der Waals surface area contributed by atoms with Gasteiger partial charge in [0.1, 0.15) is 0 Å². The molecule has 0 aromatic heterocycles. The van der Waals surface area contributed by atoms with E-state index in [1.807, 2.05) is 7.05 Å². The van der Waals surface area contributed by atoms with E-state index in [1.54, 1.807) is 25.1 Å². The van der Waals surface area contributed by atoms with Crippen molar-refractivity contribution in [3.8, 4) is 0 Å². The Morgan fingerprint density at radius 2 is 1.95 bits per heavy atom. The van der Waals surface area contributed by atoms with E-state index in [-0.39, 0.29) is 10.8 Å². The van der Waals surface area contributed by atoms with Crippen molar-refractivity contribution in [1.29, 1.82) is 0 Å². The lowest BCUT2D eigenvalue weighted by Crippen LogP contribution is -2.46. The lowest BCUT2D eigenvalue weighted by molar-refractivity contribution is -0.122. The Morgan fingerprint density at radius 3 is 2.55 bits per heavy atom. The van der Waals surface area contributed by atoms with Gasteiger partial charge >= 0.3 is 0 Å². The zero-order valence-electron chi connectivity index (χ0n) is 13.0. The monoisotopic (exact) mass is 325 g/mol. The minimum Gasteiger partial charge on any atom is -0.353 e. The largest absolute Gasteiger partial charge is 0.353 e. The molecule has 1 aromatic rings. The van der Waals surface area contributed by atoms with Gasteiger partial charge in [0, 0.05) is 19.1 Å². The number of sulfonamides is 1. The number of hydrogen-bond donors (Lipinski definition) is 2. The number of amides is 1. The van der Waals surface area contributed by atoms with Gasteiger partial charge in [-0.15, -0.1) is 0 Å². The molecule has 0 unspecified atom stereocenters. The second-order valence-corrected chi connectivity index (χ2v) is 7.37. The molecule has 0 heterocycles. The first-order chi connectivity index (χ1) is 10.4. The molecular formula is C15H23N3O3S. The van der Waals surface area contributed by atoms with Crippen LogP contribution in [0.3, 0.4) is 0 Å². The average molecular weight is 325 g/mol. The van der Waals surface area contributed by atoms with Crippen LogP contribution in [0.25, 0.3) is 0 Å². The third-order valence-corrected chi connectivity index (χ3v) is 5.27. The zero-order chi connectivity index (χ0) is 16.2. The second kappa shape index (κ2) is 7.21. The first-order valence-corrected chi connectivity index (χ1v) is 8.94. The van der Waals surface area contributed by atoms with E-state index in [0.717, 1.165) is 6.54 Å². The second-order valence-electron chi connectivity index (χ2n) is 5.66. The first kappa shape index (κ1) is 16.9. The summed E-state index contributed by atoms with van der Waals surface area (Å²) in [5, 5.41) is 2.76.